The summed E-state index contributed by atoms with van der Waals surface area (Å²) >= 11 is 5.60. The fourth-order valence-electron chi connectivity index (χ4n) is 1.90. The van der Waals surface area contributed by atoms with E-state index < -0.39 is 10.0 Å². The van der Waals surface area contributed by atoms with Crippen LogP contribution in [0.25, 0.3) is 0 Å². The number of hydrogen-bond donors (Lipinski definition) is 1. The summed E-state index contributed by atoms with van der Waals surface area (Å²) in [7, 11) is -3.58. The molecule has 0 bridgehead atoms. The lowest BCUT2D eigenvalue weighted by Gasteiger charge is -2.14. The van der Waals surface area contributed by atoms with E-state index in [2.05, 4.69) is 10.2 Å². The summed E-state index contributed by atoms with van der Waals surface area (Å²) in [5.74, 6) is -0.359. The molecule has 1 fully saturated rings. The number of carbonyl (C=O) groups is 1. The molecule has 1 amide bonds. The first kappa shape index (κ1) is 13.2. The Balaban J connectivity index is 2.12. The van der Waals surface area contributed by atoms with Crippen LogP contribution in [0.4, 0.5) is 5.82 Å². The van der Waals surface area contributed by atoms with E-state index >= 15 is 0 Å². The number of sulfonamides is 1. The third-order valence-electron chi connectivity index (χ3n) is 2.57. The van der Waals surface area contributed by atoms with Gasteiger partial charge in [-0.1, -0.05) is 11.6 Å². The van der Waals surface area contributed by atoms with Crippen molar-refractivity contribution in [2.45, 2.75) is 6.42 Å². The van der Waals surface area contributed by atoms with Gasteiger partial charge in [0.05, 0.1) is 5.75 Å². The van der Waals surface area contributed by atoms with Crippen molar-refractivity contribution in [1.82, 2.24) is 10.2 Å². The number of primary sulfonamides is 1. The second kappa shape index (κ2) is 4.79. The first-order valence-corrected chi connectivity index (χ1v) is 7.24. The molecule has 18 heavy (non-hydrogen) atoms. The van der Waals surface area contributed by atoms with Crippen LogP contribution in [-0.2, 0) is 14.8 Å². The summed E-state index contributed by atoms with van der Waals surface area (Å²) in [5.41, 5.74) is 0. The zero-order chi connectivity index (χ0) is 13.3. The highest BCUT2D eigenvalue weighted by molar-refractivity contribution is 7.89. The van der Waals surface area contributed by atoms with E-state index in [-0.39, 0.29) is 35.7 Å². The van der Waals surface area contributed by atoms with Gasteiger partial charge in [-0.3, -0.25) is 9.69 Å². The van der Waals surface area contributed by atoms with E-state index in [0.29, 0.717) is 5.82 Å². The predicted molar refractivity (Wildman–Crippen MR) is 65.5 cm³/mol. The van der Waals surface area contributed by atoms with Gasteiger partial charge in [0, 0.05) is 18.9 Å². The van der Waals surface area contributed by atoms with Crippen LogP contribution in [0, 0.1) is 5.92 Å². The maximum atomic E-state index is 11.7. The molecule has 0 radical (unpaired) electrons. The van der Waals surface area contributed by atoms with Crippen LogP contribution in [0.1, 0.15) is 6.42 Å². The maximum absolute atomic E-state index is 11.7. The summed E-state index contributed by atoms with van der Waals surface area (Å²) in [6, 6.07) is 3.08. The molecule has 1 unspecified atom stereocenters. The standard InChI is InChI=1S/C9H11ClN4O3S/c10-7-1-2-8(13-12-7)14-4-6(3-9(14)15)5-18(11,16)17/h1-2,6H,3-5H2,(H2,11,16,17). The van der Waals surface area contributed by atoms with Gasteiger partial charge in [0.1, 0.15) is 0 Å². The third-order valence-corrected chi connectivity index (χ3v) is 3.71. The summed E-state index contributed by atoms with van der Waals surface area (Å²) in [6.07, 6.45) is 0.140. The van der Waals surface area contributed by atoms with Gasteiger partial charge in [-0.15, -0.1) is 10.2 Å². The monoisotopic (exact) mass is 290 g/mol. The largest absolute Gasteiger partial charge is 0.295 e. The number of aromatic nitrogens is 2. The van der Waals surface area contributed by atoms with Gasteiger partial charge in [-0.05, 0) is 12.1 Å². The Bertz CT molecular complexity index is 560. The molecule has 1 aliphatic rings. The summed E-state index contributed by atoms with van der Waals surface area (Å²) in [4.78, 5) is 13.1. The van der Waals surface area contributed by atoms with E-state index in [1.165, 1.54) is 11.0 Å². The van der Waals surface area contributed by atoms with Crippen molar-refractivity contribution in [3.63, 3.8) is 0 Å². The number of hydrogen-bond acceptors (Lipinski definition) is 5. The van der Waals surface area contributed by atoms with Crippen molar-refractivity contribution in [3.05, 3.63) is 17.3 Å². The molecule has 1 aromatic heterocycles. The predicted octanol–water partition coefficient (Wildman–Crippen LogP) is -0.229. The number of anilines is 1. The lowest BCUT2D eigenvalue weighted by molar-refractivity contribution is -0.117. The Morgan fingerprint density at radius 3 is 2.72 bits per heavy atom. The number of carbonyl (C=O) groups excluding carboxylic acids is 1. The van der Waals surface area contributed by atoms with Gasteiger partial charge < -0.3 is 0 Å². The molecule has 1 saturated heterocycles. The Morgan fingerprint density at radius 2 is 2.17 bits per heavy atom. The molecule has 0 spiro atoms. The second-order valence-corrected chi connectivity index (χ2v) is 6.16. The van der Waals surface area contributed by atoms with Gasteiger partial charge in [0.25, 0.3) is 0 Å². The zero-order valence-electron chi connectivity index (χ0n) is 9.28. The van der Waals surface area contributed by atoms with Crippen LogP contribution in [0.2, 0.25) is 5.15 Å². The lowest BCUT2D eigenvalue weighted by Crippen LogP contribution is -2.28. The van der Waals surface area contributed by atoms with Gasteiger partial charge in [-0.2, -0.15) is 0 Å². The van der Waals surface area contributed by atoms with Crippen LogP contribution in [-0.4, -0.2) is 36.8 Å². The average Bonchev–Trinajstić information content (AvgIpc) is 2.58. The molecule has 1 aromatic rings. The Kier molecular flexibility index (Phi) is 3.51. The summed E-state index contributed by atoms with van der Waals surface area (Å²) in [5, 5.41) is 12.6. The van der Waals surface area contributed by atoms with Crippen molar-refractivity contribution in [2.24, 2.45) is 11.1 Å². The Labute approximate surface area is 109 Å². The Hall–Kier alpha value is -1.25. The molecular weight excluding hydrogens is 280 g/mol. The molecule has 2 heterocycles. The molecule has 2 N–H and O–H groups in total. The van der Waals surface area contributed by atoms with E-state index in [4.69, 9.17) is 16.7 Å². The van der Waals surface area contributed by atoms with Gasteiger partial charge >= 0.3 is 0 Å². The molecule has 1 aliphatic heterocycles. The zero-order valence-corrected chi connectivity index (χ0v) is 10.9. The van der Waals surface area contributed by atoms with E-state index in [0.717, 1.165) is 0 Å². The summed E-state index contributed by atoms with van der Waals surface area (Å²) in [6.45, 7) is 0.269. The smallest absolute Gasteiger partial charge is 0.228 e. The topological polar surface area (TPSA) is 106 Å². The van der Waals surface area contributed by atoms with Crippen LogP contribution in [0.3, 0.4) is 0 Å². The Morgan fingerprint density at radius 1 is 1.44 bits per heavy atom. The minimum Gasteiger partial charge on any atom is -0.295 e. The van der Waals surface area contributed by atoms with Gasteiger partial charge in [0.2, 0.25) is 15.9 Å². The van der Waals surface area contributed by atoms with Crippen LogP contribution < -0.4 is 10.0 Å². The fourth-order valence-corrected chi connectivity index (χ4v) is 2.88. The van der Waals surface area contributed by atoms with Crippen molar-refractivity contribution in [2.75, 3.05) is 17.2 Å². The molecule has 9 heteroatoms. The summed E-state index contributed by atoms with van der Waals surface area (Å²) < 4.78 is 22.0. The number of nitrogens with two attached hydrogens (primary N) is 1. The SMILES string of the molecule is NS(=O)(=O)CC1CC(=O)N(c2ccc(Cl)nn2)C1. The van der Waals surface area contributed by atoms with Crippen LogP contribution in [0.15, 0.2) is 12.1 Å². The van der Waals surface area contributed by atoms with E-state index in [9.17, 15) is 13.2 Å². The van der Waals surface area contributed by atoms with Crippen molar-refractivity contribution in [1.29, 1.82) is 0 Å². The van der Waals surface area contributed by atoms with Crippen molar-refractivity contribution < 1.29 is 13.2 Å². The molecular formula is C9H11ClN4O3S. The van der Waals surface area contributed by atoms with Gasteiger partial charge in [-0.25, -0.2) is 13.6 Å². The molecule has 0 aliphatic carbocycles. The highest BCUT2D eigenvalue weighted by atomic mass is 35.5. The van der Waals surface area contributed by atoms with Crippen LogP contribution >= 0.6 is 11.6 Å². The van der Waals surface area contributed by atoms with Gasteiger partial charge in [0.15, 0.2) is 11.0 Å². The second-order valence-electron chi connectivity index (χ2n) is 4.12. The highest BCUT2D eigenvalue weighted by Gasteiger charge is 2.33. The highest BCUT2D eigenvalue weighted by Crippen LogP contribution is 2.24. The number of halogens is 1. The molecule has 7 nitrogen and oxygen atoms in total. The van der Waals surface area contributed by atoms with Crippen LogP contribution in [0.5, 0.6) is 0 Å². The number of amides is 1. The molecule has 1 atom stereocenters. The normalized spacial score (nSPS) is 20.4. The molecule has 98 valence electrons. The molecule has 0 aromatic carbocycles. The first-order chi connectivity index (χ1) is 8.35. The number of nitrogens with zero attached hydrogens (tertiary/aromatic N) is 3. The third kappa shape index (κ3) is 3.15. The molecule has 2 rings (SSSR count). The van der Waals surface area contributed by atoms with E-state index in [1.54, 1.807) is 6.07 Å². The maximum Gasteiger partial charge on any atom is 0.228 e. The molecule has 0 saturated carbocycles. The fraction of sp³-hybridized carbons (Fsp3) is 0.444. The average molecular weight is 291 g/mol. The minimum absolute atomic E-state index is 0.140. The quantitative estimate of drug-likeness (QED) is 0.827. The van der Waals surface area contributed by atoms with Crippen molar-refractivity contribution >= 4 is 33.3 Å². The number of rotatable bonds is 3. The minimum atomic E-state index is -3.58. The first-order valence-electron chi connectivity index (χ1n) is 5.15. The van der Waals surface area contributed by atoms with E-state index in [1.807, 2.05) is 0 Å². The van der Waals surface area contributed by atoms with Crippen molar-refractivity contribution in [3.8, 4) is 0 Å². The lowest BCUT2D eigenvalue weighted by atomic mass is 10.1.